The zero-order valence-corrected chi connectivity index (χ0v) is 13.1. The molecule has 0 aliphatic heterocycles. The van der Waals surface area contributed by atoms with Crippen LogP contribution in [0, 0.1) is 13.8 Å². The predicted molar refractivity (Wildman–Crippen MR) is 86.9 cm³/mol. The Labute approximate surface area is 130 Å². The first-order valence-corrected chi connectivity index (χ1v) is 7.17. The summed E-state index contributed by atoms with van der Waals surface area (Å²) in [6.45, 7) is 4.31. The maximum Gasteiger partial charge on any atom is 0.251 e. The Balaban J connectivity index is 2.06. The summed E-state index contributed by atoms with van der Waals surface area (Å²) in [7, 11) is 1.59. The van der Waals surface area contributed by atoms with Gasteiger partial charge >= 0.3 is 0 Å². The molecule has 2 aromatic carbocycles. The summed E-state index contributed by atoms with van der Waals surface area (Å²) in [5.41, 5.74) is 4.23. The second-order valence-corrected chi connectivity index (χ2v) is 5.28. The molecule has 0 bridgehead atoms. The van der Waals surface area contributed by atoms with Gasteiger partial charge in [0.05, 0.1) is 0 Å². The molecule has 0 atom stereocenters. The van der Waals surface area contributed by atoms with Crippen LogP contribution in [0.5, 0.6) is 0 Å². The van der Waals surface area contributed by atoms with Crippen LogP contribution in [0.25, 0.3) is 0 Å². The summed E-state index contributed by atoms with van der Waals surface area (Å²) in [4.78, 5) is 23.8. The third-order valence-electron chi connectivity index (χ3n) is 3.50. The van der Waals surface area contributed by atoms with E-state index in [1.54, 1.807) is 19.2 Å². The van der Waals surface area contributed by atoms with E-state index in [0.29, 0.717) is 17.7 Å². The molecule has 114 valence electrons. The van der Waals surface area contributed by atoms with Crippen LogP contribution in [0.1, 0.15) is 37.4 Å². The molecule has 0 heterocycles. The van der Waals surface area contributed by atoms with Gasteiger partial charge in [0.2, 0.25) is 0 Å². The predicted octanol–water partition coefficient (Wildman–Crippen LogP) is 2.59. The smallest absolute Gasteiger partial charge is 0.251 e. The van der Waals surface area contributed by atoms with Gasteiger partial charge in [-0.15, -0.1) is 0 Å². The summed E-state index contributed by atoms with van der Waals surface area (Å²) in [6.07, 6.45) is 0. The van der Waals surface area contributed by atoms with Gasteiger partial charge in [-0.25, -0.2) is 0 Å². The van der Waals surface area contributed by atoms with Crippen LogP contribution in [0.15, 0.2) is 42.5 Å². The second kappa shape index (κ2) is 6.89. The van der Waals surface area contributed by atoms with Crippen molar-refractivity contribution in [2.75, 3.05) is 7.05 Å². The zero-order valence-electron chi connectivity index (χ0n) is 13.1. The van der Waals surface area contributed by atoms with Gasteiger partial charge in [0.15, 0.2) is 0 Å². The molecule has 2 N–H and O–H groups in total. The molecule has 2 amide bonds. The molecule has 22 heavy (non-hydrogen) atoms. The summed E-state index contributed by atoms with van der Waals surface area (Å²) in [5, 5.41) is 5.47. The van der Waals surface area contributed by atoms with Crippen LogP contribution in [-0.4, -0.2) is 18.9 Å². The summed E-state index contributed by atoms with van der Waals surface area (Å²) in [6, 6.07) is 13.0. The molecular formula is C18H20N2O2. The van der Waals surface area contributed by atoms with Crippen molar-refractivity contribution < 1.29 is 9.59 Å². The van der Waals surface area contributed by atoms with Crippen molar-refractivity contribution in [1.29, 1.82) is 0 Å². The van der Waals surface area contributed by atoms with Crippen LogP contribution in [0.2, 0.25) is 0 Å². The summed E-state index contributed by atoms with van der Waals surface area (Å²) in [5.74, 6) is -0.245. The highest BCUT2D eigenvalue weighted by atomic mass is 16.2. The number of rotatable bonds is 4. The third-order valence-corrected chi connectivity index (χ3v) is 3.50. The zero-order chi connectivity index (χ0) is 16.1. The topological polar surface area (TPSA) is 58.2 Å². The van der Waals surface area contributed by atoms with Crippen molar-refractivity contribution in [3.63, 3.8) is 0 Å². The van der Waals surface area contributed by atoms with E-state index in [-0.39, 0.29) is 11.8 Å². The van der Waals surface area contributed by atoms with E-state index < -0.39 is 0 Å². The first-order chi connectivity index (χ1) is 10.5. The lowest BCUT2D eigenvalue weighted by molar-refractivity contribution is 0.0948. The number of nitrogens with one attached hydrogen (secondary N) is 2. The lowest BCUT2D eigenvalue weighted by atomic mass is 10.0. The Morgan fingerprint density at radius 2 is 1.77 bits per heavy atom. The number of hydrogen-bond donors (Lipinski definition) is 2. The van der Waals surface area contributed by atoms with Crippen molar-refractivity contribution in [2.45, 2.75) is 20.4 Å². The molecule has 0 spiro atoms. The minimum atomic E-state index is -0.137. The Hall–Kier alpha value is -2.62. The van der Waals surface area contributed by atoms with Gasteiger partial charge in [-0.3, -0.25) is 9.59 Å². The van der Waals surface area contributed by atoms with E-state index in [9.17, 15) is 9.59 Å². The number of carbonyl (C=O) groups is 2. The fraction of sp³-hybridized carbons (Fsp3) is 0.222. The van der Waals surface area contributed by atoms with Gasteiger partial charge in [0.25, 0.3) is 11.8 Å². The van der Waals surface area contributed by atoms with Crippen molar-refractivity contribution in [2.24, 2.45) is 0 Å². The van der Waals surface area contributed by atoms with E-state index in [0.717, 1.165) is 16.7 Å². The van der Waals surface area contributed by atoms with E-state index in [1.807, 2.05) is 44.2 Å². The molecule has 0 unspecified atom stereocenters. The molecule has 0 radical (unpaired) electrons. The van der Waals surface area contributed by atoms with Gasteiger partial charge in [0, 0.05) is 24.7 Å². The van der Waals surface area contributed by atoms with Gasteiger partial charge < -0.3 is 10.6 Å². The number of hydrogen-bond acceptors (Lipinski definition) is 2. The monoisotopic (exact) mass is 296 g/mol. The molecule has 4 nitrogen and oxygen atoms in total. The Kier molecular flexibility index (Phi) is 4.94. The van der Waals surface area contributed by atoms with Crippen molar-refractivity contribution in [3.8, 4) is 0 Å². The number of carbonyl (C=O) groups excluding carboxylic acids is 2. The molecule has 4 heteroatoms. The normalized spacial score (nSPS) is 10.1. The largest absolute Gasteiger partial charge is 0.355 e. The molecular weight excluding hydrogens is 276 g/mol. The van der Waals surface area contributed by atoms with Crippen LogP contribution < -0.4 is 10.6 Å². The van der Waals surface area contributed by atoms with Crippen LogP contribution in [0.4, 0.5) is 0 Å². The quantitative estimate of drug-likeness (QED) is 0.911. The minimum Gasteiger partial charge on any atom is -0.355 e. The maximum atomic E-state index is 12.2. The molecule has 0 saturated carbocycles. The van der Waals surface area contributed by atoms with Crippen LogP contribution in [-0.2, 0) is 6.54 Å². The fourth-order valence-electron chi connectivity index (χ4n) is 2.31. The SMILES string of the molecule is CNC(=O)c1cccc(CNC(=O)c2ccc(C)cc2C)c1. The Morgan fingerprint density at radius 3 is 2.45 bits per heavy atom. The minimum absolute atomic E-state index is 0.108. The average Bonchev–Trinajstić information content (AvgIpc) is 2.52. The van der Waals surface area contributed by atoms with Crippen molar-refractivity contribution in [3.05, 3.63) is 70.3 Å². The molecule has 0 aromatic heterocycles. The van der Waals surface area contributed by atoms with E-state index in [2.05, 4.69) is 10.6 Å². The first kappa shape index (κ1) is 15.8. The molecule has 0 saturated heterocycles. The number of amides is 2. The lowest BCUT2D eigenvalue weighted by Crippen LogP contribution is -2.24. The Bertz CT molecular complexity index is 708. The standard InChI is InChI=1S/C18H20N2O2/c1-12-7-8-16(13(2)9-12)18(22)20-11-14-5-4-6-15(10-14)17(21)19-3/h4-10H,11H2,1-3H3,(H,19,21)(H,20,22). The van der Waals surface area contributed by atoms with E-state index in [4.69, 9.17) is 0 Å². The first-order valence-electron chi connectivity index (χ1n) is 7.17. The van der Waals surface area contributed by atoms with Gasteiger partial charge in [-0.2, -0.15) is 0 Å². The van der Waals surface area contributed by atoms with E-state index in [1.165, 1.54) is 0 Å². The number of benzene rings is 2. The second-order valence-electron chi connectivity index (χ2n) is 5.28. The summed E-state index contributed by atoms with van der Waals surface area (Å²) >= 11 is 0. The molecule has 2 aromatic rings. The van der Waals surface area contributed by atoms with Gasteiger partial charge in [0.1, 0.15) is 0 Å². The van der Waals surface area contributed by atoms with Crippen molar-refractivity contribution in [1.82, 2.24) is 10.6 Å². The lowest BCUT2D eigenvalue weighted by Gasteiger charge is -2.09. The highest BCUT2D eigenvalue weighted by molar-refractivity contribution is 5.96. The summed E-state index contributed by atoms with van der Waals surface area (Å²) < 4.78 is 0. The highest BCUT2D eigenvalue weighted by Crippen LogP contribution is 2.11. The molecule has 0 aliphatic carbocycles. The van der Waals surface area contributed by atoms with Crippen LogP contribution in [0.3, 0.4) is 0 Å². The van der Waals surface area contributed by atoms with Crippen LogP contribution >= 0.6 is 0 Å². The fourth-order valence-corrected chi connectivity index (χ4v) is 2.31. The highest BCUT2D eigenvalue weighted by Gasteiger charge is 2.09. The Morgan fingerprint density at radius 1 is 1.00 bits per heavy atom. The molecule has 0 aliphatic rings. The maximum absolute atomic E-state index is 12.2. The average molecular weight is 296 g/mol. The van der Waals surface area contributed by atoms with Gasteiger partial charge in [-0.05, 0) is 43.2 Å². The van der Waals surface area contributed by atoms with Gasteiger partial charge in [-0.1, -0.05) is 29.8 Å². The molecule has 0 fully saturated rings. The third kappa shape index (κ3) is 3.73. The van der Waals surface area contributed by atoms with Crippen molar-refractivity contribution >= 4 is 11.8 Å². The van der Waals surface area contributed by atoms with E-state index >= 15 is 0 Å². The number of aryl methyl sites for hydroxylation is 2. The molecule has 2 rings (SSSR count).